The molecule has 1 atom stereocenters. The number of imide groups is 1. The first-order chi connectivity index (χ1) is 15.0. The fourth-order valence-corrected chi connectivity index (χ4v) is 4.48. The Kier molecular flexibility index (Phi) is 6.04. The van der Waals surface area contributed by atoms with Crippen molar-refractivity contribution in [3.8, 4) is 0 Å². The van der Waals surface area contributed by atoms with Crippen LogP contribution in [0.2, 0.25) is 0 Å². The predicted molar refractivity (Wildman–Crippen MR) is 118 cm³/mol. The lowest BCUT2D eigenvalue weighted by molar-refractivity contribution is -0.918. The molecule has 0 unspecified atom stereocenters. The third-order valence-corrected chi connectivity index (χ3v) is 6.23. The quantitative estimate of drug-likeness (QED) is 0.651. The largest absolute Gasteiger partial charge is 0.378 e. The van der Waals surface area contributed by atoms with Gasteiger partial charge in [0, 0.05) is 38.2 Å². The highest BCUT2D eigenvalue weighted by Crippen LogP contribution is 2.22. The molecule has 2 aromatic carbocycles. The number of hydrogen-bond acceptors (Lipinski definition) is 4. The summed E-state index contributed by atoms with van der Waals surface area (Å²) in [6, 6.07) is 15.3. The molecule has 2 heterocycles. The molecule has 0 radical (unpaired) electrons. The number of anilines is 1. The molecule has 1 saturated heterocycles. The van der Waals surface area contributed by atoms with Gasteiger partial charge in [-0.05, 0) is 24.3 Å². The number of amides is 3. The van der Waals surface area contributed by atoms with Gasteiger partial charge in [-0.25, -0.2) is 0 Å². The smallest absolute Gasteiger partial charge is 0.262 e. The molecule has 162 valence electrons. The van der Waals surface area contributed by atoms with E-state index in [4.69, 9.17) is 0 Å². The minimum absolute atomic E-state index is 0.143. The highest BCUT2D eigenvalue weighted by atomic mass is 16.2. The van der Waals surface area contributed by atoms with Gasteiger partial charge in [-0.1, -0.05) is 24.3 Å². The lowest BCUT2D eigenvalue weighted by Gasteiger charge is -2.26. The van der Waals surface area contributed by atoms with Gasteiger partial charge in [0.05, 0.1) is 30.8 Å². The first-order valence-electron chi connectivity index (χ1n) is 10.8. The molecule has 4 rings (SSSR count). The Morgan fingerprint density at radius 3 is 2.13 bits per heavy atom. The second-order valence-corrected chi connectivity index (χ2v) is 8.45. The van der Waals surface area contributed by atoms with Gasteiger partial charge in [0.1, 0.15) is 12.6 Å². The minimum atomic E-state index is -0.406. The first-order valence-corrected chi connectivity index (χ1v) is 10.8. The predicted octanol–water partition coefficient (Wildman–Crippen LogP) is 0.885. The number of benzene rings is 2. The number of carbonyl (C=O) groups excluding carboxylic acids is 3. The normalized spacial score (nSPS) is 17.0. The van der Waals surface area contributed by atoms with E-state index in [0.29, 0.717) is 17.7 Å². The Balaban J connectivity index is 1.42. The maximum atomic E-state index is 12.7. The molecule has 0 spiro atoms. The summed E-state index contributed by atoms with van der Waals surface area (Å²) in [6.07, 6.45) is 2.37. The van der Waals surface area contributed by atoms with E-state index < -0.39 is 11.8 Å². The van der Waals surface area contributed by atoms with Gasteiger partial charge in [-0.15, -0.1) is 0 Å². The third-order valence-electron chi connectivity index (χ3n) is 6.23. The van der Waals surface area contributed by atoms with Crippen LogP contribution in [0.4, 0.5) is 5.69 Å². The van der Waals surface area contributed by atoms with Crippen LogP contribution in [0.15, 0.2) is 48.5 Å². The van der Waals surface area contributed by atoms with Crippen molar-refractivity contribution in [1.29, 1.82) is 0 Å². The van der Waals surface area contributed by atoms with E-state index in [0.717, 1.165) is 23.7 Å². The third kappa shape index (κ3) is 4.32. The molecule has 2 aliphatic rings. The van der Waals surface area contributed by atoms with Gasteiger partial charge in [0.25, 0.3) is 11.8 Å². The van der Waals surface area contributed by atoms with Gasteiger partial charge in [0.15, 0.2) is 0 Å². The summed E-state index contributed by atoms with van der Waals surface area (Å²) in [4.78, 5) is 42.2. The van der Waals surface area contributed by atoms with Crippen LogP contribution in [0.3, 0.4) is 0 Å². The zero-order valence-corrected chi connectivity index (χ0v) is 18.1. The lowest BCUT2D eigenvalue weighted by Crippen LogP contribution is -3.11. The van der Waals surface area contributed by atoms with Gasteiger partial charge in [-0.3, -0.25) is 19.3 Å². The fourth-order valence-electron chi connectivity index (χ4n) is 4.48. The maximum absolute atomic E-state index is 12.7. The second-order valence-electron chi connectivity index (χ2n) is 8.45. The van der Waals surface area contributed by atoms with Crippen LogP contribution >= 0.6 is 0 Å². The molecule has 2 N–H and O–H groups in total. The zero-order valence-electron chi connectivity index (χ0n) is 18.1. The molecule has 0 bridgehead atoms. The van der Waals surface area contributed by atoms with Crippen molar-refractivity contribution in [3.63, 3.8) is 0 Å². The Morgan fingerprint density at radius 2 is 1.58 bits per heavy atom. The summed E-state index contributed by atoms with van der Waals surface area (Å²) < 4.78 is 0. The molecule has 0 aromatic heterocycles. The summed E-state index contributed by atoms with van der Waals surface area (Å²) in [7, 11) is 4.02. The number of likely N-dealkylation sites (tertiary alicyclic amines) is 1. The number of hydrogen-bond donors (Lipinski definition) is 2. The number of nitrogens with one attached hydrogen (secondary N) is 2. The van der Waals surface area contributed by atoms with E-state index in [1.165, 1.54) is 23.3 Å². The van der Waals surface area contributed by atoms with Crippen LogP contribution in [-0.4, -0.2) is 62.9 Å². The van der Waals surface area contributed by atoms with E-state index in [9.17, 15) is 14.4 Å². The van der Waals surface area contributed by atoms with Gasteiger partial charge in [0.2, 0.25) is 5.91 Å². The monoisotopic (exact) mass is 421 g/mol. The van der Waals surface area contributed by atoms with E-state index in [-0.39, 0.29) is 18.5 Å². The number of rotatable bonds is 7. The fraction of sp³-hybridized carbons (Fsp3) is 0.375. The Bertz CT molecular complexity index is 946. The number of quaternary nitrogens is 1. The van der Waals surface area contributed by atoms with Crippen LogP contribution in [0.1, 0.15) is 45.2 Å². The molecule has 7 heteroatoms. The molecule has 2 aromatic rings. The average molecular weight is 422 g/mol. The highest BCUT2D eigenvalue weighted by molar-refractivity contribution is 6.22. The van der Waals surface area contributed by atoms with E-state index in [2.05, 4.69) is 34.5 Å². The molecule has 2 aliphatic heterocycles. The van der Waals surface area contributed by atoms with Crippen molar-refractivity contribution < 1.29 is 19.3 Å². The average Bonchev–Trinajstić information content (AvgIpc) is 3.38. The Labute approximate surface area is 182 Å². The summed E-state index contributed by atoms with van der Waals surface area (Å²) in [5.74, 6) is -1.13. The topological polar surface area (TPSA) is 74.2 Å². The minimum Gasteiger partial charge on any atom is -0.378 e. The standard InChI is InChI=1S/C24H28N4O3/c1-26(2)18-11-9-17(10-12-18)21(27-13-5-6-14-27)15-25-22(29)16-28-23(30)19-7-3-4-8-20(19)24(28)31/h3-4,7-12,21H,5-6,13-16H2,1-2H3,(H,25,29)/p+1/t21-/m1/s1. The first kappa shape index (κ1) is 21.1. The molecule has 31 heavy (non-hydrogen) atoms. The Hall–Kier alpha value is -3.19. The van der Waals surface area contributed by atoms with Crippen LogP contribution in [0.5, 0.6) is 0 Å². The van der Waals surface area contributed by atoms with Gasteiger partial charge in [-0.2, -0.15) is 0 Å². The Morgan fingerprint density at radius 1 is 1.00 bits per heavy atom. The van der Waals surface area contributed by atoms with Crippen molar-refractivity contribution in [2.24, 2.45) is 0 Å². The van der Waals surface area contributed by atoms with Crippen molar-refractivity contribution in [3.05, 3.63) is 65.2 Å². The van der Waals surface area contributed by atoms with Crippen LogP contribution in [0.25, 0.3) is 0 Å². The molecular formula is C24H29N4O3+. The molecule has 0 saturated carbocycles. The maximum Gasteiger partial charge on any atom is 0.262 e. The van der Waals surface area contributed by atoms with E-state index in [1.54, 1.807) is 24.3 Å². The molecular weight excluding hydrogens is 392 g/mol. The number of fused-ring (bicyclic) bond motifs is 1. The summed E-state index contributed by atoms with van der Waals surface area (Å²) in [5.41, 5.74) is 3.04. The van der Waals surface area contributed by atoms with Crippen LogP contribution in [-0.2, 0) is 4.79 Å². The summed E-state index contributed by atoms with van der Waals surface area (Å²) >= 11 is 0. The van der Waals surface area contributed by atoms with Crippen molar-refractivity contribution >= 4 is 23.4 Å². The van der Waals surface area contributed by atoms with Crippen LogP contribution < -0.4 is 15.1 Å². The van der Waals surface area contributed by atoms with Gasteiger partial charge < -0.3 is 15.1 Å². The molecule has 1 fully saturated rings. The van der Waals surface area contributed by atoms with Crippen molar-refractivity contribution in [1.82, 2.24) is 10.2 Å². The van der Waals surface area contributed by atoms with Gasteiger partial charge >= 0.3 is 0 Å². The zero-order chi connectivity index (χ0) is 22.0. The number of nitrogens with zero attached hydrogens (tertiary/aromatic N) is 2. The molecule has 3 amide bonds. The SMILES string of the molecule is CN(C)c1ccc([C@@H](CNC(=O)CN2C(=O)c3ccccc3C2=O)[NH+]2CCCC2)cc1. The van der Waals surface area contributed by atoms with Crippen molar-refractivity contribution in [2.75, 3.05) is 45.2 Å². The van der Waals surface area contributed by atoms with E-state index in [1.807, 2.05) is 14.1 Å². The molecule has 0 aliphatic carbocycles. The van der Waals surface area contributed by atoms with Crippen LogP contribution in [0, 0.1) is 0 Å². The van der Waals surface area contributed by atoms with Crippen molar-refractivity contribution in [2.45, 2.75) is 18.9 Å². The molecule has 7 nitrogen and oxygen atoms in total. The highest BCUT2D eigenvalue weighted by Gasteiger charge is 2.36. The summed E-state index contributed by atoms with van der Waals surface area (Å²) in [6.45, 7) is 2.37. The summed E-state index contributed by atoms with van der Waals surface area (Å²) in [5, 5.41) is 2.97. The second kappa shape index (κ2) is 8.89. The number of carbonyl (C=O) groups is 3. The lowest BCUT2D eigenvalue weighted by atomic mass is 10.0. The van der Waals surface area contributed by atoms with E-state index >= 15 is 0 Å².